The van der Waals surface area contributed by atoms with Crippen LogP contribution in [0.5, 0.6) is 0 Å². The Morgan fingerprint density at radius 2 is 1.80 bits per heavy atom. The number of hydrogen-bond donors (Lipinski definition) is 2. The topological polar surface area (TPSA) is 57.8 Å². The van der Waals surface area contributed by atoms with Gasteiger partial charge in [-0.25, -0.2) is 4.98 Å². The van der Waals surface area contributed by atoms with E-state index in [1.807, 2.05) is 47.0 Å². The zero-order valence-corrected chi connectivity index (χ0v) is 12.2. The molecule has 0 atom stereocenters. The molecule has 0 spiro atoms. The van der Waals surface area contributed by atoms with Crippen molar-refractivity contribution in [2.75, 3.05) is 0 Å². The van der Waals surface area contributed by atoms with Crippen molar-refractivity contribution in [1.29, 1.82) is 0 Å². The number of pyridine rings is 1. The fourth-order valence-electron chi connectivity index (χ4n) is 2.23. The van der Waals surface area contributed by atoms with Crippen LogP contribution in [0.3, 0.4) is 0 Å². The van der Waals surface area contributed by atoms with Crippen molar-refractivity contribution in [1.82, 2.24) is 9.38 Å². The first-order chi connectivity index (χ1) is 9.72. The standard InChI is InChI=1S/C15H13BrN2O2/c16-12-3-1-11(2-4-12)15-13(9-20)18-6-5-10(8-19)7-14(18)17-15/h1-7,19-20H,8-9H2. The van der Waals surface area contributed by atoms with Crippen molar-refractivity contribution < 1.29 is 10.2 Å². The Labute approximate surface area is 124 Å². The van der Waals surface area contributed by atoms with Crippen molar-refractivity contribution in [3.63, 3.8) is 0 Å². The maximum absolute atomic E-state index is 9.63. The molecule has 3 rings (SSSR count). The number of nitrogens with zero attached hydrogens (tertiary/aromatic N) is 2. The summed E-state index contributed by atoms with van der Waals surface area (Å²) in [6, 6.07) is 11.4. The lowest BCUT2D eigenvalue weighted by Crippen LogP contribution is -1.95. The summed E-state index contributed by atoms with van der Waals surface area (Å²) in [7, 11) is 0. The third kappa shape index (κ3) is 2.24. The van der Waals surface area contributed by atoms with E-state index < -0.39 is 0 Å². The highest BCUT2D eigenvalue weighted by molar-refractivity contribution is 9.10. The van der Waals surface area contributed by atoms with Crippen LogP contribution in [0.25, 0.3) is 16.9 Å². The second-order valence-electron chi connectivity index (χ2n) is 4.49. The largest absolute Gasteiger partial charge is 0.392 e. The molecule has 20 heavy (non-hydrogen) atoms. The molecule has 0 saturated heterocycles. The summed E-state index contributed by atoms with van der Waals surface area (Å²) >= 11 is 3.40. The molecule has 0 radical (unpaired) electrons. The average molecular weight is 333 g/mol. The molecule has 0 aliphatic heterocycles. The molecule has 0 unspecified atom stereocenters. The quantitative estimate of drug-likeness (QED) is 0.775. The zero-order chi connectivity index (χ0) is 14.1. The van der Waals surface area contributed by atoms with Crippen molar-refractivity contribution in [3.8, 4) is 11.3 Å². The lowest BCUT2D eigenvalue weighted by molar-refractivity contribution is 0.276. The Bertz CT molecular complexity index is 750. The molecule has 0 bridgehead atoms. The molecule has 102 valence electrons. The van der Waals surface area contributed by atoms with Crippen LogP contribution in [0.4, 0.5) is 0 Å². The molecule has 0 saturated carbocycles. The lowest BCUT2D eigenvalue weighted by atomic mass is 10.1. The van der Waals surface area contributed by atoms with Crippen LogP contribution < -0.4 is 0 Å². The van der Waals surface area contributed by atoms with E-state index in [9.17, 15) is 10.2 Å². The van der Waals surface area contributed by atoms with E-state index in [-0.39, 0.29) is 13.2 Å². The molecule has 4 nitrogen and oxygen atoms in total. The third-order valence-corrected chi connectivity index (χ3v) is 3.77. The molecular weight excluding hydrogens is 320 g/mol. The number of hydrogen-bond acceptors (Lipinski definition) is 3. The molecule has 2 heterocycles. The molecule has 3 aromatic rings. The number of aliphatic hydroxyl groups is 2. The van der Waals surface area contributed by atoms with Gasteiger partial charge in [-0.05, 0) is 29.8 Å². The first kappa shape index (κ1) is 13.3. The molecule has 2 aromatic heterocycles. The third-order valence-electron chi connectivity index (χ3n) is 3.24. The number of benzene rings is 1. The predicted octanol–water partition coefficient (Wildman–Crippen LogP) is 2.75. The Kier molecular flexibility index (Phi) is 3.56. The van der Waals surface area contributed by atoms with Gasteiger partial charge in [0, 0.05) is 16.2 Å². The Hall–Kier alpha value is -1.69. The smallest absolute Gasteiger partial charge is 0.138 e. The normalized spacial score (nSPS) is 11.2. The monoisotopic (exact) mass is 332 g/mol. The molecule has 2 N–H and O–H groups in total. The molecule has 5 heteroatoms. The van der Waals surface area contributed by atoms with Gasteiger partial charge in [0.1, 0.15) is 5.65 Å². The van der Waals surface area contributed by atoms with Gasteiger partial charge in [-0.15, -0.1) is 0 Å². The van der Waals surface area contributed by atoms with Gasteiger partial charge >= 0.3 is 0 Å². The minimum atomic E-state index is -0.0922. The zero-order valence-electron chi connectivity index (χ0n) is 10.6. The first-order valence-electron chi connectivity index (χ1n) is 6.20. The summed E-state index contributed by atoms with van der Waals surface area (Å²) < 4.78 is 2.84. The summed E-state index contributed by atoms with van der Waals surface area (Å²) in [6.07, 6.45) is 1.82. The van der Waals surface area contributed by atoms with Gasteiger partial charge in [-0.2, -0.15) is 0 Å². The van der Waals surface area contributed by atoms with Gasteiger partial charge in [-0.1, -0.05) is 28.1 Å². The number of imidazole rings is 1. The van der Waals surface area contributed by atoms with E-state index in [4.69, 9.17) is 0 Å². The van der Waals surface area contributed by atoms with Crippen LogP contribution in [-0.2, 0) is 13.2 Å². The van der Waals surface area contributed by atoms with Gasteiger partial charge in [0.15, 0.2) is 0 Å². The van der Waals surface area contributed by atoms with Crippen LogP contribution in [-0.4, -0.2) is 19.6 Å². The van der Waals surface area contributed by atoms with Gasteiger partial charge in [0.25, 0.3) is 0 Å². The summed E-state index contributed by atoms with van der Waals surface area (Å²) in [5.74, 6) is 0. The highest BCUT2D eigenvalue weighted by Gasteiger charge is 2.13. The van der Waals surface area contributed by atoms with E-state index in [0.717, 1.165) is 32.6 Å². The average Bonchev–Trinajstić information content (AvgIpc) is 2.85. The Balaban J connectivity index is 2.21. The maximum Gasteiger partial charge on any atom is 0.138 e. The molecular formula is C15H13BrN2O2. The number of halogens is 1. The predicted molar refractivity (Wildman–Crippen MR) is 80.2 cm³/mol. The second-order valence-corrected chi connectivity index (χ2v) is 5.41. The minimum Gasteiger partial charge on any atom is -0.392 e. The highest BCUT2D eigenvalue weighted by Crippen LogP contribution is 2.26. The van der Waals surface area contributed by atoms with E-state index in [1.54, 1.807) is 0 Å². The Morgan fingerprint density at radius 3 is 2.45 bits per heavy atom. The molecule has 0 fully saturated rings. The summed E-state index contributed by atoms with van der Waals surface area (Å²) in [6.45, 7) is -0.115. The van der Waals surface area contributed by atoms with Crippen molar-refractivity contribution in [3.05, 3.63) is 58.3 Å². The van der Waals surface area contributed by atoms with Crippen molar-refractivity contribution >= 4 is 21.6 Å². The Morgan fingerprint density at radius 1 is 1.05 bits per heavy atom. The van der Waals surface area contributed by atoms with Crippen molar-refractivity contribution in [2.45, 2.75) is 13.2 Å². The summed E-state index contributed by atoms with van der Waals surface area (Å²) in [5, 5.41) is 18.8. The summed E-state index contributed by atoms with van der Waals surface area (Å²) in [4.78, 5) is 4.57. The molecule has 0 aliphatic rings. The maximum atomic E-state index is 9.63. The minimum absolute atomic E-state index is 0.0224. The first-order valence-corrected chi connectivity index (χ1v) is 6.99. The lowest BCUT2D eigenvalue weighted by Gasteiger charge is -2.02. The fourth-order valence-corrected chi connectivity index (χ4v) is 2.49. The van der Waals surface area contributed by atoms with Crippen LogP contribution in [0.1, 0.15) is 11.3 Å². The van der Waals surface area contributed by atoms with E-state index in [1.165, 1.54) is 0 Å². The molecule has 0 aliphatic carbocycles. The van der Waals surface area contributed by atoms with Crippen LogP contribution >= 0.6 is 15.9 Å². The SMILES string of the molecule is OCc1ccn2c(CO)c(-c3ccc(Br)cc3)nc2c1. The van der Waals surface area contributed by atoms with Crippen LogP contribution in [0.15, 0.2) is 47.1 Å². The van der Waals surface area contributed by atoms with Gasteiger partial charge in [0.05, 0.1) is 24.6 Å². The van der Waals surface area contributed by atoms with Crippen molar-refractivity contribution in [2.24, 2.45) is 0 Å². The molecule has 1 aromatic carbocycles. The van der Waals surface area contributed by atoms with E-state index >= 15 is 0 Å². The number of aromatic nitrogens is 2. The fraction of sp³-hybridized carbons (Fsp3) is 0.133. The van der Waals surface area contributed by atoms with Gasteiger partial charge < -0.3 is 14.6 Å². The van der Waals surface area contributed by atoms with Crippen LogP contribution in [0, 0.1) is 0 Å². The second kappa shape index (κ2) is 5.36. The molecule has 0 amide bonds. The number of aliphatic hydroxyl groups excluding tert-OH is 2. The highest BCUT2D eigenvalue weighted by atomic mass is 79.9. The van der Waals surface area contributed by atoms with Crippen LogP contribution in [0.2, 0.25) is 0 Å². The van der Waals surface area contributed by atoms with Gasteiger partial charge in [0.2, 0.25) is 0 Å². The van der Waals surface area contributed by atoms with E-state index in [2.05, 4.69) is 20.9 Å². The number of fused-ring (bicyclic) bond motifs is 1. The summed E-state index contributed by atoms with van der Waals surface area (Å²) in [5.41, 5.74) is 3.97. The van der Waals surface area contributed by atoms with E-state index in [0.29, 0.717) is 0 Å². The van der Waals surface area contributed by atoms with Gasteiger partial charge in [-0.3, -0.25) is 0 Å². The number of rotatable bonds is 3.